The van der Waals surface area contributed by atoms with Crippen LogP contribution in [0.3, 0.4) is 0 Å². The SMILES string of the molecule is COc1ccccc1Nc1nnc(S[C@@H](C)C(=O)c2ccc3c(c2)CCC3)s1. The summed E-state index contributed by atoms with van der Waals surface area (Å²) in [6.07, 6.45) is 3.39. The van der Waals surface area contributed by atoms with Crippen LogP contribution in [0.2, 0.25) is 0 Å². The average Bonchev–Trinajstić information content (AvgIpc) is 3.36. The zero-order valence-electron chi connectivity index (χ0n) is 15.8. The second kappa shape index (κ2) is 8.32. The summed E-state index contributed by atoms with van der Waals surface area (Å²) in [6.45, 7) is 1.93. The van der Waals surface area contributed by atoms with Gasteiger partial charge in [-0.2, -0.15) is 0 Å². The number of ether oxygens (including phenoxy) is 1. The molecule has 0 saturated heterocycles. The molecule has 1 N–H and O–H groups in total. The number of thioether (sulfide) groups is 1. The van der Waals surface area contributed by atoms with Crippen LogP contribution in [0.5, 0.6) is 5.75 Å². The van der Waals surface area contributed by atoms with Crippen LogP contribution < -0.4 is 10.1 Å². The second-order valence-electron chi connectivity index (χ2n) is 6.66. The zero-order chi connectivity index (χ0) is 19.5. The highest BCUT2D eigenvalue weighted by atomic mass is 32.2. The molecule has 0 radical (unpaired) electrons. The molecule has 0 spiro atoms. The van der Waals surface area contributed by atoms with E-state index in [2.05, 4.69) is 27.6 Å². The van der Waals surface area contributed by atoms with Crippen LogP contribution in [0, 0.1) is 0 Å². The number of hydrogen-bond donors (Lipinski definition) is 1. The van der Waals surface area contributed by atoms with Crippen LogP contribution in [0.1, 0.15) is 34.8 Å². The summed E-state index contributed by atoms with van der Waals surface area (Å²) in [5.41, 5.74) is 4.33. The molecule has 1 atom stereocenters. The topological polar surface area (TPSA) is 64.1 Å². The fourth-order valence-electron chi connectivity index (χ4n) is 3.34. The van der Waals surface area contributed by atoms with Gasteiger partial charge in [-0.15, -0.1) is 10.2 Å². The number of hydrogen-bond acceptors (Lipinski definition) is 7. The molecule has 4 rings (SSSR count). The van der Waals surface area contributed by atoms with Crippen molar-refractivity contribution in [2.24, 2.45) is 0 Å². The first-order chi connectivity index (χ1) is 13.6. The number of carbonyl (C=O) groups is 1. The predicted molar refractivity (Wildman–Crippen MR) is 114 cm³/mol. The minimum absolute atomic E-state index is 0.133. The summed E-state index contributed by atoms with van der Waals surface area (Å²) in [5, 5.41) is 12.1. The van der Waals surface area contributed by atoms with Gasteiger partial charge in [0.2, 0.25) is 5.13 Å². The van der Waals surface area contributed by atoms with Crippen molar-refractivity contribution in [3.8, 4) is 5.75 Å². The van der Waals surface area contributed by atoms with Gasteiger partial charge in [-0.05, 0) is 55.5 Å². The van der Waals surface area contributed by atoms with E-state index in [1.165, 1.54) is 40.6 Å². The predicted octanol–water partition coefficient (Wildman–Crippen LogP) is 5.14. The number of aryl methyl sites for hydroxylation is 2. The molecule has 0 bridgehead atoms. The molecule has 2 aromatic carbocycles. The van der Waals surface area contributed by atoms with E-state index in [9.17, 15) is 4.79 Å². The summed E-state index contributed by atoms with van der Waals surface area (Å²) < 4.78 is 6.11. The first kappa shape index (κ1) is 19.0. The lowest BCUT2D eigenvalue weighted by molar-refractivity contribution is 0.0994. The Morgan fingerprint density at radius 2 is 2.00 bits per heavy atom. The zero-order valence-corrected chi connectivity index (χ0v) is 17.4. The number of aromatic nitrogens is 2. The summed E-state index contributed by atoms with van der Waals surface area (Å²) >= 11 is 2.88. The van der Waals surface area contributed by atoms with E-state index in [0.29, 0.717) is 5.13 Å². The van der Waals surface area contributed by atoms with E-state index in [1.807, 2.05) is 37.3 Å². The molecule has 0 amide bonds. The standard InChI is InChI=1S/C21H21N3O2S2/c1-13(19(25)16-11-10-14-6-5-7-15(14)12-16)27-21-24-23-20(28-21)22-17-8-3-4-9-18(17)26-2/h3-4,8-13H,5-7H2,1-2H3,(H,22,23)/t13-/m0/s1. The molecule has 0 fully saturated rings. The number of nitrogens with one attached hydrogen (secondary N) is 1. The minimum Gasteiger partial charge on any atom is -0.495 e. The van der Waals surface area contributed by atoms with Crippen molar-refractivity contribution in [3.05, 3.63) is 59.2 Å². The van der Waals surface area contributed by atoms with E-state index in [-0.39, 0.29) is 11.0 Å². The van der Waals surface area contributed by atoms with E-state index in [0.717, 1.165) is 34.2 Å². The fourth-order valence-corrected chi connectivity index (χ4v) is 5.32. The lowest BCUT2D eigenvalue weighted by Gasteiger charge is -2.09. The van der Waals surface area contributed by atoms with E-state index >= 15 is 0 Å². The van der Waals surface area contributed by atoms with Gasteiger partial charge < -0.3 is 10.1 Å². The maximum absolute atomic E-state index is 12.8. The van der Waals surface area contributed by atoms with Gasteiger partial charge in [-0.25, -0.2) is 0 Å². The second-order valence-corrected chi connectivity index (χ2v) is 9.23. The molecule has 0 aliphatic heterocycles. The molecule has 7 heteroatoms. The third-order valence-corrected chi connectivity index (χ3v) is 6.81. The van der Waals surface area contributed by atoms with Gasteiger partial charge in [0.25, 0.3) is 0 Å². The Morgan fingerprint density at radius 1 is 1.18 bits per heavy atom. The molecule has 0 unspecified atom stereocenters. The van der Waals surface area contributed by atoms with Gasteiger partial charge in [0, 0.05) is 5.56 Å². The highest BCUT2D eigenvalue weighted by Crippen LogP contribution is 2.34. The Morgan fingerprint density at radius 3 is 2.86 bits per heavy atom. The summed E-state index contributed by atoms with van der Waals surface area (Å²) in [4.78, 5) is 12.8. The third-order valence-electron chi connectivity index (χ3n) is 4.78. The number of ketones is 1. The van der Waals surface area contributed by atoms with Crippen LogP contribution in [-0.2, 0) is 12.8 Å². The number of anilines is 2. The molecule has 1 aliphatic rings. The lowest BCUT2D eigenvalue weighted by atomic mass is 10.0. The number of para-hydroxylation sites is 2. The summed E-state index contributed by atoms with van der Waals surface area (Å²) in [6, 6.07) is 13.8. The van der Waals surface area contributed by atoms with Gasteiger partial charge in [0.05, 0.1) is 18.0 Å². The van der Waals surface area contributed by atoms with E-state index in [4.69, 9.17) is 4.74 Å². The molecular formula is C21H21N3O2S2. The Bertz CT molecular complexity index is 1000. The average molecular weight is 412 g/mol. The maximum Gasteiger partial charge on any atom is 0.210 e. The minimum atomic E-state index is -0.216. The van der Waals surface area contributed by atoms with Gasteiger partial charge in [0.1, 0.15) is 5.75 Å². The highest BCUT2D eigenvalue weighted by Gasteiger charge is 2.21. The van der Waals surface area contributed by atoms with Crippen LogP contribution >= 0.6 is 23.1 Å². The molecule has 3 aromatic rings. The quantitative estimate of drug-likeness (QED) is 0.429. The number of carbonyl (C=O) groups excluding carboxylic acids is 1. The van der Waals surface area contributed by atoms with Crippen molar-refractivity contribution >= 4 is 39.7 Å². The smallest absolute Gasteiger partial charge is 0.210 e. The van der Waals surface area contributed by atoms with Crippen molar-refractivity contribution in [2.45, 2.75) is 35.8 Å². The van der Waals surface area contributed by atoms with Gasteiger partial charge >= 0.3 is 0 Å². The van der Waals surface area contributed by atoms with Crippen molar-refractivity contribution in [3.63, 3.8) is 0 Å². The Hall–Kier alpha value is -2.38. The third kappa shape index (κ3) is 4.05. The Labute approximate surface area is 172 Å². The molecular weight excluding hydrogens is 390 g/mol. The van der Waals surface area contributed by atoms with Crippen molar-refractivity contribution in [1.29, 1.82) is 0 Å². The van der Waals surface area contributed by atoms with Crippen molar-refractivity contribution in [2.75, 3.05) is 12.4 Å². The first-order valence-corrected chi connectivity index (χ1v) is 10.9. The highest BCUT2D eigenvalue weighted by molar-refractivity contribution is 8.02. The molecule has 5 nitrogen and oxygen atoms in total. The lowest BCUT2D eigenvalue weighted by Crippen LogP contribution is -2.13. The number of methoxy groups -OCH3 is 1. The first-order valence-electron chi connectivity index (χ1n) is 9.20. The Balaban J connectivity index is 1.42. The monoisotopic (exact) mass is 411 g/mol. The van der Waals surface area contributed by atoms with Gasteiger partial charge in [-0.1, -0.05) is 47.4 Å². The van der Waals surface area contributed by atoms with Crippen LogP contribution in [0.25, 0.3) is 0 Å². The van der Waals surface area contributed by atoms with Gasteiger partial charge in [-0.3, -0.25) is 4.79 Å². The normalized spacial score (nSPS) is 13.8. The number of fused-ring (bicyclic) bond motifs is 1. The molecule has 144 valence electrons. The number of rotatable bonds is 7. The van der Waals surface area contributed by atoms with E-state index in [1.54, 1.807) is 7.11 Å². The molecule has 1 aliphatic carbocycles. The van der Waals surface area contributed by atoms with Crippen LogP contribution in [0.4, 0.5) is 10.8 Å². The maximum atomic E-state index is 12.8. The van der Waals surface area contributed by atoms with E-state index < -0.39 is 0 Å². The van der Waals surface area contributed by atoms with Crippen molar-refractivity contribution < 1.29 is 9.53 Å². The fraction of sp³-hybridized carbons (Fsp3) is 0.286. The number of benzene rings is 2. The molecule has 28 heavy (non-hydrogen) atoms. The molecule has 1 aromatic heterocycles. The number of Topliss-reactive ketones (excluding diaryl/α,β-unsaturated/α-hetero) is 1. The van der Waals surface area contributed by atoms with Gasteiger partial charge in [0.15, 0.2) is 10.1 Å². The van der Waals surface area contributed by atoms with Crippen LogP contribution in [-0.4, -0.2) is 28.3 Å². The number of nitrogens with zero attached hydrogens (tertiary/aromatic N) is 2. The summed E-state index contributed by atoms with van der Waals surface area (Å²) in [5.74, 6) is 0.876. The largest absolute Gasteiger partial charge is 0.495 e. The van der Waals surface area contributed by atoms with Crippen LogP contribution in [0.15, 0.2) is 46.8 Å². The Kier molecular flexibility index (Phi) is 5.64. The molecule has 1 heterocycles. The summed E-state index contributed by atoms with van der Waals surface area (Å²) in [7, 11) is 1.63. The molecule has 0 saturated carbocycles. The van der Waals surface area contributed by atoms with Crippen molar-refractivity contribution in [1.82, 2.24) is 10.2 Å².